The third kappa shape index (κ3) is 7.38. The van der Waals surface area contributed by atoms with Crippen LogP contribution in [0.5, 0.6) is 0 Å². The highest BCUT2D eigenvalue weighted by Gasteiger charge is 2.10. The molecule has 82 valence electrons. The fraction of sp³-hybridized carbons (Fsp3) is 0.300. The van der Waals surface area contributed by atoms with Gasteiger partial charge in [-0.2, -0.15) is 0 Å². The van der Waals surface area contributed by atoms with Crippen molar-refractivity contribution in [2.24, 2.45) is 0 Å². The number of nitrogens with zero attached hydrogens (tertiary/aromatic N) is 1. The molecule has 0 aliphatic carbocycles. The molecule has 0 aromatic carbocycles. The Hall–Kier alpha value is -0.560. The molecule has 0 aliphatic rings. The minimum absolute atomic E-state index is 0.0857. The number of thioether (sulfide) groups is 1. The van der Waals surface area contributed by atoms with Gasteiger partial charge < -0.3 is 4.90 Å². The maximum Gasteiger partial charge on any atom is 0.283 e. The highest BCUT2D eigenvalue weighted by molar-refractivity contribution is 8.13. The molecule has 15 heavy (non-hydrogen) atoms. The van der Waals surface area contributed by atoms with Crippen LogP contribution in [0.4, 0.5) is 4.79 Å². The maximum absolute atomic E-state index is 11.6. The van der Waals surface area contributed by atoms with Gasteiger partial charge in [-0.3, -0.25) is 4.79 Å². The van der Waals surface area contributed by atoms with Crippen LogP contribution in [-0.4, -0.2) is 29.0 Å². The molecular formula is C10H11Cl2NOS. The summed E-state index contributed by atoms with van der Waals surface area (Å²) < 4.78 is 0. The van der Waals surface area contributed by atoms with E-state index in [1.54, 1.807) is 17.1 Å². The zero-order valence-electron chi connectivity index (χ0n) is 8.03. The van der Waals surface area contributed by atoms with Crippen LogP contribution in [0.15, 0.2) is 23.2 Å². The van der Waals surface area contributed by atoms with E-state index in [9.17, 15) is 4.79 Å². The van der Waals surface area contributed by atoms with Crippen LogP contribution in [0.1, 0.15) is 0 Å². The zero-order chi connectivity index (χ0) is 11.5. The summed E-state index contributed by atoms with van der Waals surface area (Å²) in [6.45, 7) is 0.891. The lowest BCUT2D eigenvalue weighted by atomic mass is 10.5. The van der Waals surface area contributed by atoms with Crippen LogP contribution in [0, 0.1) is 12.3 Å². The fourth-order valence-electron chi connectivity index (χ4n) is 0.752. The largest absolute Gasteiger partial charge is 0.326 e. The van der Waals surface area contributed by atoms with Crippen molar-refractivity contribution in [3.05, 3.63) is 23.2 Å². The Labute approximate surface area is 104 Å². The average molecular weight is 264 g/mol. The summed E-state index contributed by atoms with van der Waals surface area (Å²) in [5.41, 5.74) is 2.74. The molecular weight excluding hydrogens is 253 g/mol. The molecule has 1 amide bonds. The van der Waals surface area contributed by atoms with E-state index in [0.717, 1.165) is 11.8 Å². The Balaban J connectivity index is 4.20. The summed E-state index contributed by atoms with van der Waals surface area (Å²) in [4.78, 5) is 13.1. The second-order valence-corrected chi connectivity index (χ2v) is 3.82. The van der Waals surface area contributed by atoms with Crippen LogP contribution in [-0.2, 0) is 0 Å². The minimum atomic E-state index is -0.0857. The summed E-state index contributed by atoms with van der Waals surface area (Å²) in [6, 6.07) is 0. The number of amides is 1. The molecule has 0 N–H and O–H groups in total. The Morgan fingerprint density at radius 3 is 2.27 bits per heavy atom. The van der Waals surface area contributed by atoms with E-state index < -0.39 is 0 Å². The highest BCUT2D eigenvalue weighted by atomic mass is 35.5. The van der Waals surface area contributed by atoms with Gasteiger partial charge in [0, 0.05) is 24.2 Å². The van der Waals surface area contributed by atoms with Crippen LogP contribution >= 0.6 is 35.0 Å². The van der Waals surface area contributed by atoms with Gasteiger partial charge in [0.25, 0.3) is 5.24 Å². The second-order valence-electron chi connectivity index (χ2n) is 2.39. The summed E-state index contributed by atoms with van der Waals surface area (Å²) in [5, 5.41) is -0.0857. The van der Waals surface area contributed by atoms with E-state index in [1.165, 1.54) is 11.1 Å². The van der Waals surface area contributed by atoms with Crippen molar-refractivity contribution in [1.82, 2.24) is 4.90 Å². The van der Waals surface area contributed by atoms with Crippen molar-refractivity contribution in [3.63, 3.8) is 0 Å². The van der Waals surface area contributed by atoms with Gasteiger partial charge >= 0.3 is 0 Å². The van der Waals surface area contributed by atoms with Crippen molar-refractivity contribution in [3.8, 4) is 12.3 Å². The van der Waals surface area contributed by atoms with E-state index in [4.69, 9.17) is 29.6 Å². The number of hydrogen-bond acceptors (Lipinski definition) is 2. The van der Waals surface area contributed by atoms with Gasteiger partial charge in [-0.05, 0) is 0 Å². The summed E-state index contributed by atoms with van der Waals surface area (Å²) in [5.74, 6) is 2.76. The Morgan fingerprint density at radius 2 is 1.87 bits per heavy atom. The molecule has 0 rings (SSSR count). The van der Waals surface area contributed by atoms with Gasteiger partial charge in [-0.15, -0.1) is 6.42 Å². The Morgan fingerprint density at radius 1 is 1.33 bits per heavy atom. The smallest absolute Gasteiger partial charge is 0.283 e. The summed E-state index contributed by atoms with van der Waals surface area (Å²) in [7, 11) is 0. The minimum Gasteiger partial charge on any atom is -0.326 e. The van der Waals surface area contributed by atoms with Crippen LogP contribution in [0.2, 0.25) is 0 Å². The van der Waals surface area contributed by atoms with Gasteiger partial charge in [0.2, 0.25) is 0 Å². The SMILES string of the molecule is C#CCSC(=O)N(CC=CCl)CC=CCl. The number of terminal acetylenes is 1. The topological polar surface area (TPSA) is 20.3 Å². The molecule has 5 heteroatoms. The molecule has 0 spiro atoms. The maximum atomic E-state index is 11.6. The first kappa shape index (κ1) is 14.4. The van der Waals surface area contributed by atoms with Crippen molar-refractivity contribution < 1.29 is 4.79 Å². The standard InChI is InChI=1S/C10H11Cl2NOS/c1-2-9-15-10(14)13(7-3-5-11)8-4-6-12/h1,3-6H,7-9H2. The third-order valence-corrected chi connectivity index (χ3v) is 2.54. The van der Waals surface area contributed by atoms with E-state index in [2.05, 4.69) is 5.92 Å². The fourth-order valence-corrected chi connectivity index (χ4v) is 1.45. The number of carbonyl (C=O) groups excluding carboxylic acids is 1. The molecule has 0 fully saturated rings. The number of rotatable bonds is 5. The molecule has 0 saturated carbocycles. The monoisotopic (exact) mass is 263 g/mol. The molecule has 0 radical (unpaired) electrons. The number of carbonyl (C=O) groups is 1. The normalized spacial score (nSPS) is 10.7. The second kappa shape index (κ2) is 9.97. The molecule has 0 aromatic rings. The quantitative estimate of drug-likeness (QED) is 0.710. The number of hydrogen-bond donors (Lipinski definition) is 0. The molecule has 2 nitrogen and oxygen atoms in total. The van der Waals surface area contributed by atoms with Crippen molar-refractivity contribution in [2.45, 2.75) is 0 Å². The number of halogens is 2. The first-order valence-electron chi connectivity index (χ1n) is 4.11. The van der Waals surface area contributed by atoms with Gasteiger partial charge in [0.15, 0.2) is 0 Å². The van der Waals surface area contributed by atoms with Crippen LogP contribution in [0.3, 0.4) is 0 Å². The summed E-state index contributed by atoms with van der Waals surface area (Å²) in [6.07, 6.45) is 8.42. The van der Waals surface area contributed by atoms with E-state index in [0.29, 0.717) is 18.8 Å². The molecule has 0 bridgehead atoms. The van der Waals surface area contributed by atoms with E-state index in [1.807, 2.05) is 0 Å². The van der Waals surface area contributed by atoms with Crippen LogP contribution < -0.4 is 0 Å². The Bertz CT molecular complexity index is 270. The molecule has 0 heterocycles. The Kier molecular flexibility index (Phi) is 9.60. The van der Waals surface area contributed by atoms with Gasteiger partial charge in [-0.1, -0.05) is 53.0 Å². The molecule has 0 aromatic heterocycles. The lowest BCUT2D eigenvalue weighted by Gasteiger charge is -2.17. The molecule has 0 aliphatic heterocycles. The molecule has 0 unspecified atom stereocenters. The average Bonchev–Trinajstić information content (AvgIpc) is 2.26. The summed E-state index contributed by atoms with van der Waals surface area (Å²) >= 11 is 11.9. The predicted octanol–water partition coefficient (Wildman–Crippen LogP) is 3.28. The lowest BCUT2D eigenvalue weighted by molar-refractivity contribution is 0.233. The molecule has 0 saturated heterocycles. The lowest BCUT2D eigenvalue weighted by Crippen LogP contribution is -2.28. The third-order valence-electron chi connectivity index (χ3n) is 1.37. The molecule has 0 atom stereocenters. The van der Waals surface area contributed by atoms with E-state index in [-0.39, 0.29) is 5.24 Å². The van der Waals surface area contributed by atoms with Gasteiger partial charge in [0.05, 0.1) is 5.75 Å². The predicted molar refractivity (Wildman–Crippen MR) is 68.2 cm³/mol. The van der Waals surface area contributed by atoms with Gasteiger partial charge in [0.1, 0.15) is 0 Å². The first-order valence-corrected chi connectivity index (χ1v) is 5.97. The first-order chi connectivity index (χ1) is 7.26. The van der Waals surface area contributed by atoms with E-state index >= 15 is 0 Å². The van der Waals surface area contributed by atoms with Crippen LogP contribution in [0.25, 0.3) is 0 Å². The van der Waals surface area contributed by atoms with Crippen molar-refractivity contribution >= 4 is 40.2 Å². The van der Waals surface area contributed by atoms with Gasteiger partial charge in [-0.25, -0.2) is 0 Å². The van der Waals surface area contributed by atoms with Crippen molar-refractivity contribution in [1.29, 1.82) is 0 Å². The highest BCUT2D eigenvalue weighted by Crippen LogP contribution is 2.08. The zero-order valence-corrected chi connectivity index (χ0v) is 10.4. The van der Waals surface area contributed by atoms with Crippen molar-refractivity contribution in [2.75, 3.05) is 18.8 Å².